The van der Waals surface area contributed by atoms with E-state index < -0.39 is 29.0 Å². The van der Waals surface area contributed by atoms with Gasteiger partial charge in [0, 0.05) is 17.9 Å². The summed E-state index contributed by atoms with van der Waals surface area (Å²) >= 11 is 0. The average Bonchev–Trinajstić information content (AvgIpc) is 2.86. The molecule has 37 heavy (non-hydrogen) atoms. The first-order chi connectivity index (χ1) is 17.2. The van der Waals surface area contributed by atoms with Gasteiger partial charge in [-0.3, -0.25) is 14.6 Å². The zero-order valence-electron chi connectivity index (χ0n) is 19.9. The van der Waals surface area contributed by atoms with E-state index in [-0.39, 0.29) is 29.5 Å². The fourth-order valence-corrected chi connectivity index (χ4v) is 4.21. The molecule has 1 heterocycles. The van der Waals surface area contributed by atoms with Crippen LogP contribution >= 0.6 is 12.4 Å². The summed E-state index contributed by atoms with van der Waals surface area (Å²) in [6, 6.07) is 13.8. The zero-order chi connectivity index (χ0) is 25.7. The number of likely N-dealkylation sites (tertiary alicyclic amines) is 1. The van der Waals surface area contributed by atoms with Crippen molar-refractivity contribution < 1.29 is 32.2 Å². The van der Waals surface area contributed by atoms with Crippen LogP contribution in [0.15, 0.2) is 66.7 Å². The van der Waals surface area contributed by atoms with E-state index in [1.807, 2.05) is 0 Å². The van der Waals surface area contributed by atoms with Crippen molar-refractivity contribution in [2.24, 2.45) is 0 Å². The molecule has 0 aliphatic carbocycles. The van der Waals surface area contributed by atoms with Gasteiger partial charge < -0.3 is 9.84 Å². The largest absolute Gasteiger partial charge is 0.508 e. The first-order valence-corrected chi connectivity index (χ1v) is 11.7. The van der Waals surface area contributed by atoms with Crippen LogP contribution in [0, 0.1) is 5.82 Å². The summed E-state index contributed by atoms with van der Waals surface area (Å²) in [5, 5.41) is 9.65. The second kappa shape index (κ2) is 12.3. The van der Waals surface area contributed by atoms with Gasteiger partial charge in [-0.1, -0.05) is 6.42 Å². The molecule has 1 saturated heterocycles. The van der Waals surface area contributed by atoms with Crippen molar-refractivity contribution in [3.63, 3.8) is 0 Å². The molecule has 1 aliphatic rings. The predicted octanol–water partition coefficient (Wildman–Crippen LogP) is 6.82. The van der Waals surface area contributed by atoms with Gasteiger partial charge in [0.25, 0.3) is 5.91 Å². The number of hydrogen-bond donors (Lipinski definition) is 1. The Morgan fingerprint density at radius 2 is 1.51 bits per heavy atom. The van der Waals surface area contributed by atoms with Crippen molar-refractivity contribution in [1.29, 1.82) is 0 Å². The third-order valence-corrected chi connectivity index (χ3v) is 6.05. The molecule has 5 nitrogen and oxygen atoms in total. The molecule has 0 saturated carbocycles. The number of amides is 1. The summed E-state index contributed by atoms with van der Waals surface area (Å²) in [6.07, 6.45) is -1.32. The molecule has 0 bridgehead atoms. The minimum Gasteiger partial charge on any atom is -0.508 e. The van der Waals surface area contributed by atoms with Crippen LogP contribution in [0.25, 0.3) is 0 Å². The maximum absolute atomic E-state index is 13.6. The molecule has 0 unspecified atom stereocenters. The summed E-state index contributed by atoms with van der Waals surface area (Å²) in [4.78, 5) is 16.9. The first kappa shape index (κ1) is 28.3. The minimum absolute atomic E-state index is 0. The van der Waals surface area contributed by atoms with Crippen LogP contribution in [0.5, 0.6) is 11.5 Å². The SMILES string of the molecule is Cl.O=C(c1ccc(F)cc1C(F)(F)F)N(c1ccc(O)cc1)c1ccc(OCCN2CCCCC2)cc1. The third kappa shape index (κ3) is 7.14. The Morgan fingerprint density at radius 1 is 0.919 bits per heavy atom. The fourth-order valence-electron chi connectivity index (χ4n) is 4.21. The highest BCUT2D eigenvalue weighted by molar-refractivity contribution is 6.11. The molecular weight excluding hydrogens is 512 g/mol. The Bertz CT molecular complexity index is 1180. The number of piperidine rings is 1. The first-order valence-electron chi connectivity index (χ1n) is 11.7. The standard InChI is InChI=1S/C27H26F4N2O3.ClH/c28-19-4-13-24(25(18-19)27(29,30)31)26(35)33(20-5-9-22(34)10-6-20)21-7-11-23(12-8-21)36-17-16-32-14-2-1-3-15-32;/h4-13,18,34H,1-3,14-17H2;1H. The minimum atomic E-state index is -4.93. The maximum atomic E-state index is 13.6. The second-order valence-electron chi connectivity index (χ2n) is 8.59. The number of anilines is 2. The van der Waals surface area contributed by atoms with Crippen LogP contribution in [-0.4, -0.2) is 42.2 Å². The number of rotatable bonds is 7. The number of phenolic OH excluding ortho intramolecular Hbond substituents is 1. The molecule has 198 valence electrons. The van der Waals surface area contributed by atoms with Crippen LogP contribution < -0.4 is 9.64 Å². The van der Waals surface area contributed by atoms with Crippen LogP contribution in [0.2, 0.25) is 0 Å². The number of halogens is 5. The highest BCUT2D eigenvalue weighted by atomic mass is 35.5. The number of alkyl halides is 3. The Labute approximate surface area is 218 Å². The predicted molar refractivity (Wildman–Crippen MR) is 135 cm³/mol. The van der Waals surface area contributed by atoms with E-state index in [0.717, 1.165) is 36.7 Å². The van der Waals surface area contributed by atoms with Crippen LogP contribution in [0.4, 0.5) is 28.9 Å². The number of hydrogen-bond acceptors (Lipinski definition) is 4. The van der Waals surface area contributed by atoms with E-state index in [1.165, 1.54) is 43.5 Å². The van der Waals surface area contributed by atoms with E-state index in [2.05, 4.69) is 4.90 Å². The summed E-state index contributed by atoms with van der Waals surface area (Å²) in [5.41, 5.74) is -1.55. The van der Waals surface area contributed by atoms with Gasteiger partial charge in [0.1, 0.15) is 23.9 Å². The van der Waals surface area contributed by atoms with E-state index >= 15 is 0 Å². The normalized spacial score (nSPS) is 14.1. The number of carbonyl (C=O) groups is 1. The highest BCUT2D eigenvalue weighted by Gasteiger charge is 2.37. The zero-order valence-corrected chi connectivity index (χ0v) is 20.7. The number of carbonyl (C=O) groups excluding carboxylic acids is 1. The van der Waals surface area contributed by atoms with Crippen molar-refractivity contribution in [1.82, 2.24) is 4.90 Å². The van der Waals surface area contributed by atoms with Crippen LogP contribution in [0.3, 0.4) is 0 Å². The number of phenols is 1. The molecule has 4 rings (SSSR count). The smallest absolute Gasteiger partial charge is 0.417 e. The summed E-state index contributed by atoms with van der Waals surface area (Å²) in [6.45, 7) is 3.39. The molecule has 0 radical (unpaired) electrons. The molecule has 0 spiro atoms. The molecule has 0 aromatic heterocycles. The van der Waals surface area contributed by atoms with Crippen LogP contribution in [-0.2, 0) is 6.18 Å². The molecule has 1 amide bonds. The Hall–Kier alpha value is -3.30. The Balaban J connectivity index is 0.00000380. The average molecular weight is 539 g/mol. The van der Waals surface area contributed by atoms with Gasteiger partial charge in [0.05, 0.1) is 11.1 Å². The lowest BCUT2D eigenvalue weighted by Gasteiger charge is -2.26. The lowest BCUT2D eigenvalue weighted by Crippen LogP contribution is -2.33. The van der Waals surface area contributed by atoms with E-state index in [9.17, 15) is 27.5 Å². The number of aromatic hydroxyl groups is 1. The fraction of sp³-hybridized carbons (Fsp3) is 0.296. The lowest BCUT2D eigenvalue weighted by atomic mass is 10.0. The number of benzene rings is 3. The molecular formula is C27H27ClF4N2O3. The van der Waals surface area contributed by atoms with Gasteiger partial charge in [-0.25, -0.2) is 4.39 Å². The van der Waals surface area contributed by atoms with Gasteiger partial charge in [-0.05, 0) is 92.7 Å². The summed E-state index contributed by atoms with van der Waals surface area (Å²) in [7, 11) is 0. The van der Waals surface area contributed by atoms with Crippen molar-refractivity contribution in [2.75, 3.05) is 31.1 Å². The van der Waals surface area contributed by atoms with Gasteiger partial charge >= 0.3 is 6.18 Å². The van der Waals surface area contributed by atoms with Gasteiger partial charge in [-0.2, -0.15) is 13.2 Å². The van der Waals surface area contributed by atoms with Gasteiger partial charge in [0.15, 0.2) is 0 Å². The monoisotopic (exact) mass is 538 g/mol. The molecule has 0 atom stereocenters. The molecule has 10 heteroatoms. The number of nitrogens with zero attached hydrogens (tertiary/aromatic N) is 2. The van der Waals surface area contributed by atoms with Crippen molar-refractivity contribution in [3.8, 4) is 11.5 Å². The Kier molecular flexibility index (Phi) is 9.39. The van der Waals surface area contributed by atoms with E-state index in [0.29, 0.717) is 18.4 Å². The van der Waals surface area contributed by atoms with Crippen LogP contribution in [0.1, 0.15) is 35.2 Å². The van der Waals surface area contributed by atoms with E-state index in [4.69, 9.17) is 4.74 Å². The second-order valence-corrected chi connectivity index (χ2v) is 8.59. The molecule has 3 aromatic rings. The van der Waals surface area contributed by atoms with Crippen molar-refractivity contribution in [2.45, 2.75) is 25.4 Å². The topological polar surface area (TPSA) is 53.0 Å². The molecule has 3 aromatic carbocycles. The third-order valence-electron chi connectivity index (χ3n) is 6.05. The quantitative estimate of drug-likeness (QED) is 0.336. The molecule has 1 aliphatic heterocycles. The van der Waals surface area contributed by atoms with Gasteiger partial charge in [-0.15, -0.1) is 12.4 Å². The number of ether oxygens (including phenoxy) is 1. The molecule has 1 fully saturated rings. The maximum Gasteiger partial charge on any atom is 0.417 e. The summed E-state index contributed by atoms with van der Waals surface area (Å²) in [5.74, 6) is -1.60. The van der Waals surface area contributed by atoms with E-state index in [1.54, 1.807) is 24.3 Å². The molecule has 1 N–H and O–H groups in total. The van der Waals surface area contributed by atoms with Crippen molar-refractivity contribution >= 4 is 29.7 Å². The summed E-state index contributed by atoms with van der Waals surface area (Å²) < 4.78 is 60.3. The highest BCUT2D eigenvalue weighted by Crippen LogP contribution is 2.36. The Morgan fingerprint density at radius 3 is 2.11 bits per heavy atom. The van der Waals surface area contributed by atoms with Crippen molar-refractivity contribution in [3.05, 3.63) is 83.7 Å². The van der Waals surface area contributed by atoms with Gasteiger partial charge in [0.2, 0.25) is 0 Å². The lowest BCUT2D eigenvalue weighted by molar-refractivity contribution is -0.138.